The highest BCUT2D eigenvalue weighted by Gasteiger charge is 2.27. The number of carbonyl (C=O) groups excluding carboxylic acids is 1. The molecule has 0 radical (unpaired) electrons. The van der Waals surface area contributed by atoms with Crippen LogP contribution in [0, 0.1) is 5.92 Å². The minimum atomic E-state index is -1.09. The lowest BCUT2D eigenvalue weighted by atomic mass is 10.0. The van der Waals surface area contributed by atoms with Gasteiger partial charge < -0.3 is 24.6 Å². The van der Waals surface area contributed by atoms with Crippen molar-refractivity contribution in [3.63, 3.8) is 0 Å². The normalized spacial score (nSPS) is 19.7. The summed E-state index contributed by atoms with van der Waals surface area (Å²) >= 11 is 0. The number of aliphatic hydroxyl groups is 1. The minimum Gasteiger partial charge on any atom is -0.497 e. The van der Waals surface area contributed by atoms with Crippen LogP contribution in [0.5, 0.6) is 0 Å². The first-order valence-corrected chi connectivity index (χ1v) is 7.42. The van der Waals surface area contributed by atoms with Crippen molar-refractivity contribution >= 4 is 6.09 Å². The number of nitrogens with one attached hydrogen (secondary N) is 1. The Bertz CT molecular complexity index is 448. The maximum absolute atomic E-state index is 12.0. The minimum absolute atomic E-state index is 0.318. The second-order valence-electron chi connectivity index (χ2n) is 6.66. The van der Waals surface area contributed by atoms with E-state index < -0.39 is 24.0 Å². The van der Waals surface area contributed by atoms with E-state index in [2.05, 4.69) is 5.32 Å². The zero-order valence-electron chi connectivity index (χ0n) is 14.2. The summed E-state index contributed by atoms with van der Waals surface area (Å²) in [5.41, 5.74) is -0.578. The molecule has 0 aromatic carbocycles. The summed E-state index contributed by atoms with van der Waals surface area (Å²) in [6.45, 7) is 9.48. The molecule has 1 heterocycles. The molecule has 6 heteroatoms. The lowest BCUT2D eigenvalue weighted by Crippen LogP contribution is -2.42. The number of ether oxygens (including phenoxy) is 3. The van der Waals surface area contributed by atoms with Crippen LogP contribution in [0.25, 0.3) is 0 Å². The molecule has 0 saturated heterocycles. The van der Waals surface area contributed by atoms with E-state index >= 15 is 0 Å². The van der Waals surface area contributed by atoms with Gasteiger partial charge in [0.1, 0.15) is 17.1 Å². The van der Waals surface area contributed by atoms with E-state index in [1.54, 1.807) is 26.8 Å². The molecule has 0 saturated carbocycles. The van der Waals surface area contributed by atoms with Gasteiger partial charge in [-0.1, -0.05) is 13.8 Å². The highest BCUT2D eigenvalue weighted by atomic mass is 16.6. The van der Waals surface area contributed by atoms with Gasteiger partial charge in [-0.05, 0) is 33.1 Å². The largest absolute Gasteiger partial charge is 0.497 e. The molecule has 1 aliphatic heterocycles. The van der Waals surface area contributed by atoms with Crippen LogP contribution in [0.3, 0.4) is 0 Å². The standard InChI is InChI=1S/C16H27NO5/c1-10(2)7-12(17-15(19)22-16(3,4)5)13-8-11(20-6)9-14(18)21-13/h8-10,12,14,18H,7H2,1-6H3,(H,17,19)/t12-,14?/m1/s1. The molecule has 0 spiro atoms. The SMILES string of the molecule is COC1=CC(O)OC([C@@H](CC(C)C)NC(=O)OC(C)(C)C)=C1. The molecule has 0 fully saturated rings. The van der Waals surface area contributed by atoms with Crippen molar-refractivity contribution in [3.8, 4) is 0 Å². The van der Waals surface area contributed by atoms with E-state index in [1.807, 2.05) is 13.8 Å². The van der Waals surface area contributed by atoms with E-state index in [1.165, 1.54) is 13.2 Å². The lowest BCUT2D eigenvalue weighted by molar-refractivity contribution is -0.0423. The topological polar surface area (TPSA) is 77.0 Å². The third-order valence-electron chi connectivity index (χ3n) is 2.83. The van der Waals surface area contributed by atoms with Crippen LogP contribution in [0.1, 0.15) is 41.0 Å². The molecule has 2 atom stereocenters. The maximum atomic E-state index is 12.0. The van der Waals surface area contributed by atoms with E-state index in [-0.39, 0.29) is 0 Å². The molecule has 2 N–H and O–H groups in total. The molecular formula is C16H27NO5. The predicted octanol–water partition coefficient (Wildman–Crippen LogP) is 2.69. The van der Waals surface area contributed by atoms with Crippen molar-refractivity contribution < 1.29 is 24.1 Å². The Morgan fingerprint density at radius 2 is 2.09 bits per heavy atom. The highest BCUT2D eigenvalue weighted by Crippen LogP contribution is 2.22. The summed E-state index contributed by atoms with van der Waals surface area (Å²) < 4.78 is 15.8. The Hall–Kier alpha value is -1.69. The van der Waals surface area contributed by atoms with Gasteiger partial charge >= 0.3 is 6.09 Å². The molecule has 0 aromatic heterocycles. The van der Waals surface area contributed by atoms with Gasteiger partial charge in [0, 0.05) is 12.2 Å². The Kier molecular flexibility index (Phi) is 6.29. The third-order valence-corrected chi connectivity index (χ3v) is 2.83. The number of carbonyl (C=O) groups is 1. The number of alkyl carbamates (subject to hydrolysis) is 1. The predicted molar refractivity (Wildman–Crippen MR) is 82.9 cm³/mol. The van der Waals surface area contributed by atoms with Gasteiger partial charge in [0.05, 0.1) is 13.2 Å². The summed E-state index contributed by atoms with van der Waals surface area (Å²) in [4.78, 5) is 12.0. The Morgan fingerprint density at radius 1 is 1.45 bits per heavy atom. The summed E-state index contributed by atoms with van der Waals surface area (Å²) in [5, 5.41) is 12.5. The summed E-state index contributed by atoms with van der Waals surface area (Å²) in [7, 11) is 1.51. The molecule has 0 bridgehead atoms. The number of hydrogen-bond acceptors (Lipinski definition) is 5. The van der Waals surface area contributed by atoms with Gasteiger partial charge in [-0.25, -0.2) is 4.79 Å². The monoisotopic (exact) mass is 313 g/mol. The van der Waals surface area contributed by atoms with Gasteiger partial charge in [-0.2, -0.15) is 0 Å². The molecule has 1 amide bonds. The quantitative estimate of drug-likeness (QED) is 0.816. The van der Waals surface area contributed by atoms with Crippen molar-refractivity contribution in [2.75, 3.05) is 7.11 Å². The number of allylic oxidation sites excluding steroid dienone is 1. The number of rotatable bonds is 5. The van der Waals surface area contributed by atoms with Crippen LogP contribution >= 0.6 is 0 Å². The summed E-state index contributed by atoms with van der Waals surface area (Å²) in [6.07, 6.45) is 2.14. The van der Waals surface area contributed by atoms with Gasteiger partial charge in [-0.3, -0.25) is 0 Å². The molecule has 0 aliphatic carbocycles. The molecule has 1 rings (SSSR count). The second-order valence-corrected chi connectivity index (χ2v) is 6.66. The van der Waals surface area contributed by atoms with Crippen LogP contribution in [0.2, 0.25) is 0 Å². The molecule has 1 aliphatic rings. The molecule has 22 heavy (non-hydrogen) atoms. The van der Waals surface area contributed by atoms with Crippen molar-refractivity contribution in [3.05, 3.63) is 23.7 Å². The van der Waals surface area contributed by atoms with E-state index in [4.69, 9.17) is 14.2 Å². The fourth-order valence-corrected chi connectivity index (χ4v) is 2.01. The van der Waals surface area contributed by atoms with Crippen molar-refractivity contribution in [1.29, 1.82) is 0 Å². The van der Waals surface area contributed by atoms with Crippen LogP contribution in [-0.4, -0.2) is 36.2 Å². The van der Waals surface area contributed by atoms with Gasteiger partial charge in [-0.15, -0.1) is 0 Å². The number of aliphatic hydroxyl groups excluding tert-OH is 1. The Labute approximate surface area is 132 Å². The van der Waals surface area contributed by atoms with Crippen molar-refractivity contribution in [2.24, 2.45) is 5.92 Å². The average Bonchev–Trinajstić information content (AvgIpc) is 2.34. The average molecular weight is 313 g/mol. The van der Waals surface area contributed by atoms with Crippen molar-refractivity contribution in [1.82, 2.24) is 5.32 Å². The lowest BCUT2D eigenvalue weighted by Gasteiger charge is -2.28. The smallest absolute Gasteiger partial charge is 0.408 e. The molecule has 6 nitrogen and oxygen atoms in total. The summed E-state index contributed by atoms with van der Waals surface area (Å²) in [6, 6.07) is -0.400. The van der Waals surface area contributed by atoms with E-state index in [0.29, 0.717) is 23.9 Å². The van der Waals surface area contributed by atoms with Gasteiger partial charge in [0.15, 0.2) is 0 Å². The zero-order chi connectivity index (χ0) is 16.9. The molecule has 126 valence electrons. The maximum Gasteiger partial charge on any atom is 0.408 e. The highest BCUT2D eigenvalue weighted by molar-refractivity contribution is 5.68. The van der Waals surface area contributed by atoms with Crippen molar-refractivity contribution in [2.45, 2.75) is 59.0 Å². The zero-order valence-corrected chi connectivity index (χ0v) is 14.2. The second kappa shape index (κ2) is 7.54. The Morgan fingerprint density at radius 3 is 2.59 bits per heavy atom. The van der Waals surface area contributed by atoms with E-state index in [9.17, 15) is 9.90 Å². The molecule has 0 aromatic rings. The Balaban J connectivity index is 2.87. The van der Waals surface area contributed by atoms with Crippen LogP contribution in [0.4, 0.5) is 4.79 Å². The molecule has 1 unspecified atom stereocenters. The summed E-state index contributed by atoms with van der Waals surface area (Å²) in [5.74, 6) is 1.26. The number of methoxy groups -OCH3 is 1. The van der Waals surface area contributed by atoms with Gasteiger partial charge in [0.25, 0.3) is 0 Å². The third kappa shape index (κ3) is 6.39. The number of hydrogen-bond donors (Lipinski definition) is 2. The van der Waals surface area contributed by atoms with Crippen LogP contribution in [0.15, 0.2) is 23.7 Å². The fraction of sp³-hybridized carbons (Fsp3) is 0.688. The first kappa shape index (κ1) is 18.4. The van der Waals surface area contributed by atoms with Gasteiger partial charge in [0.2, 0.25) is 6.29 Å². The molecular weight excluding hydrogens is 286 g/mol. The van der Waals surface area contributed by atoms with Crippen LogP contribution < -0.4 is 5.32 Å². The first-order chi connectivity index (χ1) is 10.1. The first-order valence-electron chi connectivity index (χ1n) is 7.42. The fourth-order valence-electron chi connectivity index (χ4n) is 2.01. The van der Waals surface area contributed by atoms with Crippen LogP contribution in [-0.2, 0) is 14.2 Å². The van der Waals surface area contributed by atoms with E-state index in [0.717, 1.165) is 0 Å². The number of amides is 1.